The number of allylic oxidation sites excluding steroid dienone is 1. The first-order valence-electron chi connectivity index (χ1n) is 10.2. The van der Waals surface area contributed by atoms with Crippen LogP contribution in [0.15, 0.2) is 30.4 Å². The largest absolute Gasteiger partial charge is 0.496 e. The molecule has 1 aromatic rings. The smallest absolute Gasteiger partial charge is 0.306 e. The lowest BCUT2D eigenvalue weighted by Gasteiger charge is -2.14. The lowest BCUT2D eigenvalue weighted by molar-refractivity contribution is -0.146. The predicted octanol–water partition coefficient (Wildman–Crippen LogP) is 6.13. The Morgan fingerprint density at radius 1 is 1.11 bits per heavy atom. The van der Waals surface area contributed by atoms with Crippen LogP contribution in [0.1, 0.15) is 70.4 Å². The zero-order chi connectivity index (χ0) is 20.9. The van der Waals surface area contributed by atoms with E-state index in [1.807, 2.05) is 26.0 Å². The number of ether oxygens (including phenoxy) is 3. The molecule has 1 atom stereocenters. The maximum absolute atomic E-state index is 11.9. The summed E-state index contributed by atoms with van der Waals surface area (Å²) in [4.78, 5) is 11.9. The quantitative estimate of drug-likeness (QED) is 0.232. The van der Waals surface area contributed by atoms with Crippen LogP contribution in [0.3, 0.4) is 0 Å². The summed E-state index contributed by atoms with van der Waals surface area (Å²) < 4.78 is 16.6. The van der Waals surface area contributed by atoms with Crippen molar-refractivity contribution in [2.45, 2.75) is 71.8 Å². The third-order valence-corrected chi connectivity index (χ3v) is 4.51. The Kier molecular flexibility index (Phi) is 11.1. The fraction of sp³-hybridized carbons (Fsp3) is 0.542. The number of carbonyl (C=O) groups excluding carboxylic acids is 1. The van der Waals surface area contributed by atoms with Gasteiger partial charge in [0.1, 0.15) is 17.6 Å². The first-order chi connectivity index (χ1) is 13.4. The number of methoxy groups -OCH3 is 2. The highest BCUT2D eigenvalue weighted by atomic mass is 16.5. The molecule has 1 unspecified atom stereocenters. The lowest BCUT2D eigenvalue weighted by Crippen LogP contribution is -2.12. The van der Waals surface area contributed by atoms with E-state index >= 15 is 0 Å². The van der Waals surface area contributed by atoms with Gasteiger partial charge >= 0.3 is 5.97 Å². The van der Waals surface area contributed by atoms with Gasteiger partial charge in [0, 0.05) is 6.42 Å². The van der Waals surface area contributed by atoms with E-state index in [0.717, 1.165) is 48.3 Å². The van der Waals surface area contributed by atoms with E-state index in [1.165, 1.54) is 18.4 Å². The molecular weight excluding hydrogens is 352 g/mol. The van der Waals surface area contributed by atoms with Crippen LogP contribution in [-0.4, -0.2) is 26.3 Å². The van der Waals surface area contributed by atoms with Gasteiger partial charge in [-0.3, -0.25) is 4.79 Å². The number of hydrogen-bond acceptors (Lipinski definition) is 4. The van der Waals surface area contributed by atoms with Crippen molar-refractivity contribution in [1.29, 1.82) is 0 Å². The van der Waals surface area contributed by atoms with E-state index in [9.17, 15) is 4.79 Å². The summed E-state index contributed by atoms with van der Waals surface area (Å²) in [5.41, 5.74) is 3.14. The summed E-state index contributed by atoms with van der Waals surface area (Å²) in [6, 6.07) is 4.12. The average molecular weight is 389 g/mol. The standard InChI is InChI=1S/C24H36O4/c1-7-8-9-12-20-16-22(26-5)21(23(17-20)27-6)15-14-19(4)28-24(25)13-10-11-18(2)3/h14-17,19H,2,7-13H2,1,3-6H3. The minimum absolute atomic E-state index is 0.191. The molecule has 0 aromatic heterocycles. The van der Waals surface area contributed by atoms with Gasteiger partial charge in [-0.05, 0) is 69.4 Å². The highest BCUT2D eigenvalue weighted by Gasteiger charge is 2.12. The second-order valence-electron chi connectivity index (χ2n) is 7.24. The molecule has 1 rings (SSSR count). The second kappa shape index (κ2) is 13.0. The molecule has 0 aliphatic carbocycles. The molecule has 0 fully saturated rings. The Morgan fingerprint density at radius 3 is 2.29 bits per heavy atom. The van der Waals surface area contributed by atoms with Crippen LogP contribution in [0.25, 0.3) is 6.08 Å². The minimum atomic E-state index is -0.323. The topological polar surface area (TPSA) is 44.8 Å². The van der Waals surface area contributed by atoms with Crippen molar-refractivity contribution in [1.82, 2.24) is 0 Å². The Balaban J connectivity index is 2.79. The molecule has 0 spiro atoms. The zero-order valence-corrected chi connectivity index (χ0v) is 18.2. The van der Waals surface area contributed by atoms with Gasteiger partial charge in [-0.15, -0.1) is 6.58 Å². The lowest BCUT2D eigenvalue weighted by atomic mass is 10.0. The molecule has 28 heavy (non-hydrogen) atoms. The summed E-state index contributed by atoms with van der Waals surface area (Å²) in [7, 11) is 3.32. The van der Waals surface area contributed by atoms with Crippen LogP contribution in [0.2, 0.25) is 0 Å². The molecule has 156 valence electrons. The fourth-order valence-electron chi connectivity index (χ4n) is 2.95. The highest BCUT2D eigenvalue weighted by Crippen LogP contribution is 2.32. The molecule has 0 N–H and O–H groups in total. The molecule has 0 heterocycles. The van der Waals surface area contributed by atoms with Crippen molar-refractivity contribution < 1.29 is 19.0 Å². The molecule has 0 radical (unpaired) electrons. The number of benzene rings is 1. The maximum atomic E-state index is 11.9. The highest BCUT2D eigenvalue weighted by molar-refractivity contribution is 5.70. The normalized spacial score (nSPS) is 12.0. The first-order valence-corrected chi connectivity index (χ1v) is 10.2. The van der Waals surface area contributed by atoms with E-state index in [0.29, 0.717) is 6.42 Å². The van der Waals surface area contributed by atoms with Crippen LogP contribution in [-0.2, 0) is 16.0 Å². The molecule has 4 heteroatoms. The Labute approximate surface area is 170 Å². The van der Waals surface area contributed by atoms with Crippen LogP contribution in [0.5, 0.6) is 11.5 Å². The van der Waals surface area contributed by atoms with Gasteiger partial charge < -0.3 is 14.2 Å². The van der Waals surface area contributed by atoms with E-state index in [-0.39, 0.29) is 12.1 Å². The summed E-state index contributed by atoms with van der Waals surface area (Å²) in [6.07, 6.45) is 10.0. The summed E-state index contributed by atoms with van der Waals surface area (Å²) in [6.45, 7) is 9.86. The number of hydrogen-bond donors (Lipinski definition) is 0. The van der Waals surface area contributed by atoms with Crippen molar-refractivity contribution in [3.05, 3.63) is 41.5 Å². The number of carbonyl (C=O) groups is 1. The van der Waals surface area contributed by atoms with Gasteiger partial charge in [0.2, 0.25) is 0 Å². The molecule has 0 aliphatic heterocycles. The van der Waals surface area contributed by atoms with Gasteiger partial charge in [-0.1, -0.05) is 25.3 Å². The number of rotatable bonds is 13. The minimum Gasteiger partial charge on any atom is -0.496 e. The zero-order valence-electron chi connectivity index (χ0n) is 18.2. The summed E-state index contributed by atoms with van der Waals surface area (Å²) in [5.74, 6) is 1.34. The molecule has 0 saturated heterocycles. The average Bonchev–Trinajstić information content (AvgIpc) is 2.65. The third-order valence-electron chi connectivity index (χ3n) is 4.51. The van der Waals surface area contributed by atoms with E-state index in [2.05, 4.69) is 25.6 Å². The van der Waals surface area contributed by atoms with Crippen molar-refractivity contribution in [3.8, 4) is 11.5 Å². The van der Waals surface area contributed by atoms with Crippen molar-refractivity contribution >= 4 is 12.0 Å². The van der Waals surface area contributed by atoms with Crippen LogP contribution >= 0.6 is 0 Å². The predicted molar refractivity (Wildman–Crippen MR) is 116 cm³/mol. The van der Waals surface area contributed by atoms with Crippen molar-refractivity contribution in [3.63, 3.8) is 0 Å². The second-order valence-corrected chi connectivity index (χ2v) is 7.24. The monoisotopic (exact) mass is 388 g/mol. The van der Waals surface area contributed by atoms with Gasteiger partial charge in [-0.2, -0.15) is 0 Å². The van der Waals surface area contributed by atoms with Crippen LogP contribution in [0, 0.1) is 0 Å². The first kappa shape index (κ1) is 23.8. The summed E-state index contributed by atoms with van der Waals surface area (Å²) in [5, 5.41) is 0. The molecule has 0 bridgehead atoms. The number of unbranched alkanes of at least 4 members (excludes halogenated alkanes) is 2. The van der Waals surface area contributed by atoms with Crippen LogP contribution < -0.4 is 9.47 Å². The Hall–Kier alpha value is -2.23. The van der Waals surface area contributed by atoms with Crippen molar-refractivity contribution in [2.75, 3.05) is 14.2 Å². The van der Waals surface area contributed by atoms with E-state index in [1.54, 1.807) is 14.2 Å². The van der Waals surface area contributed by atoms with Gasteiger partial charge in [-0.25, -0.2) is 0 Å². The van der Waals surface area contributed by atoms with Crippen LogP contribution in [0.4, 0.5) is 0 Å². The maximum Gasteiger partial charge on any atom is 0.306 e. The molecule has 4 nitrogen and oxygen atoms in total. The van der Waals surface area contributed by atoms with E-state index in [4.69, 9.17) is 14.2 Å². The van der Waals surface area contributed by atoms with Gasteiger partial charge in [0.25, 0.3) is 0 Å². The van der Waals surface area contributed by atoms with E-state index < -0.39 is 0 Å². The van der Waals surface area contributed by atoms with Gasteiger partial charge in [0.05, 0.1) is 19.8 Å². The Bertz CT molecular complexity index is 636. The Morgan fingerprint density at radius 2 is 1.75 bits per heavy atom. The van der Waals surface area contributed by atoms with Crippen molar-refractivity contribution in [2.24, 2.45) is 0 Å². The van der Waals surface area contributed by atoms with Gasteiger partial charge in [0.15, 0.2) is 0 Å². The molecule has 0 amide bonds. The molecule has 0 aliphatic rings. The molecule has 1 aromatic carbocycles. The number of aryl methyl sites for hydroxylation is 1. The number of esters is 1. The molecular formula is C24H36O4. The summed E-state index contributed by atoms with van der Waals surface area (Å²) >= 11 is 0. The third kappa shape index (κ3) is 8.64. The SMILES string of the molecule is C=C(C)CCCC(=O)OC(C)C=Cc1c(OC)cc(CCCCC)cc1OC. The molecule has 0 saturated carbocycles. The fourth-order valence-corrected chi connectivity index (χ4v) is 2.95.